The largest absolute Gasteiger partial charge is 0.508 e. The first-order valence-corrected chi connectivity index (χ1v) is 13.3. The third-order valence-corrected chi connectivity index (χ3v) is 6.12. The van der Waals surface area contributed by atoms with Crippen LogP contribution in [0, 0.1) is 10.1 Å². The highest BCUT2D eigenvalue weighted by Crippen LogP contribution is 2.29. The zero-order valence-electron chi connectivity index (χ0n) is 20.6. The average Bonchev–Trinajstić information content (AvgIpc) is 3.12. The lowest BCUT2D eigenvalue weighted by atomic mass is 9.94. The second kappa shape index (κ2) is 14.6. The van der Waals surface area contributed by atoms with Crippen molar-refractivity contribution in [3.05, 3.63) is 81.5 Å². The molecule has 0 radical (unpaired) electrons. The smallest absolute Gasteiger partial charge is 0.462 e. The van der Waals surface area contributed by atoms with Crippen LogP contribution >= 0.6 is 0 Å². The minimum Gasteiger partial charge on any atom is -0.462 e. The molecule has 37 heavy (non-hydrogen) atoms. The Balaban J connectivity index is 2.33. The SMILES string of the molecule is CCOC(=O)/C(C1=CCC=CC=C1)=C(\COC(=O)OCCCCO[N+](=O)[O-])c1ccc(S(C)(=O)=O)cc1. The van der Waals surface area contributed by atoms with E-state index in [1.165, 1.54) is 24.3 Å². The lowest BCUT2D eigenvalue weighted by Crippen LogP contribution is -2.16. The van der Waals surface area contributed by atoms with Crippen molar-refractivity contribution in [3.8, 4) is 0 Å². The topological polar surface area (TPSA) is 148 Å². The van der Waals surface area contributed by atoms with E-state index in [4.69, 9.17) is 14.2 Å². The Hall–Kier alpha value is -3.93. The zero-order valence-corrected chi connectivity index (χ0v) is 21.4. The molecule has 11 nitrogen and oxygen atoms in total. The Labute approximate surface area is 215 Å². The van der Waals surface area contributed by atoms with Crippen molar-refractivity contribution < 1.29 is 42.1 Å². The van der Waals surface area contributed by atoms with Crippen LogP contribution < -0.4 is 0 Å². The Morgan fingerprint density at radius 3 is 2.38 bits per heavy atom. The predicted molar refractivity (Wildman–Crippen MR) is 134 cm³/mol. The van der Waals surface area contributed by atoms with Crippen molar-refractivity contribution in [2.24, 2.45) is 0 Å². The molecule has 0 bridgehead atoms. The number of benzene rings is 1. The lowest BCUT2D eigenvalue weighted by molar-refractivity contribution is -0.757. The van der Waals surface area contributed by atoms with Crippen LogP contribution in [-0.2, 0) is 33.7 Å². The highest BCUT2D eigenvalue weighted by molar-refractivity contribution is 7.90. The van der Waals surface area contributed by atoms with Crippen LogP contribution in [-0.4, -0.2) is 58.3 Å². The average molecular weight is 536 g/mol. The van der Waals surface area contributed by atoms with E-state index in [0.29, 0.717) is 36.0 Å². The van der Waals surface area contributed by atoms with Gasteiger partial charge in [0.25, 0.3) is 5.09 Å². The molecular weight excluding hydrogens is 506 g/mol. The summed E-state index contributed by atoms with van der Waals surface area (Å²) in [5.41, 5.74) is 1.46. The number of esters is 1. The normalized spacial score (nSPS) is 13.6. The molecule has 0 spiro atoms. The van der Waals surface area contributed by atoms with E-state index >= 15 is 0 Å². The summed E-state index contributed by atoms with van der Waals surface area (Å²) in [6.45, 7) is 1.24. The van der Waals surface area contributed by atoms with Gasteiger partial charge in [0.1, 0.15) is 6.61 Å². The quantitative estimate of drug-likeness (QED) is 0.119. The van der Waals surface area contributed by atoms with Crippen molar-refractivity contribution in [1.82, 2.24) is 0 Å². The van der Waals surface area contributed by atoms with Crippen molar-refractivity contribution >= 4 is 27.5 Å². The summed E-state index contributed by atoms with van der Waals surface area (Å²) in [6.07, 6.45) is 10.3. The zero-order chi connectivity index (χ0) is 27.3. The maximum absolute atomic E-state index is 13.1. The van der Waals surface area contributed by atoms with E-state index in [9.17, 15) is 28.1 Å². The molecule has 0 fully saturated rings. The van der Waals surface area contributed by atoms with Gasteiger partial charge in [-0.25, -0.2) is 18.0 Å². The van der Waals surface area contributed by atoms with Gasteiger partial charge in [0, 0.05) is 11.8 Å². The summed E-state index contributed by atoms with van der Waals surface area (Å²) >= 11 is 0. The van der Waals surface area contributed by atoms with Crippen LogP contribution in [0.2, 0.25) is 0 Å². The summed E-state index contributed by atoms with van der Waals surface area (Å²) in [6, 6.07) is 5.84. The summed E-state index contributed by atoms with van der Waals surface area (Å²) in [4.78, 5) is 39.7. The Kier molecular flexibility index (Phi) is 11.6. The monoisotopic (exact) mass is 535 g/mol. The second-order valence-electron chi connectivity index (χ2n) is 7.70. The molecule has 12 heteroatoms. The van der Waals surface area contributed by atoms with Gasteiger partial charge >= 0.3 is 12.1 Å². The minimum absolute atomic E-state index is 0.0493. The van der Waals surface area contributed by atoms with Gasteiger partial charge in [-0.2, -0.15) is 0 Å². The van der Waals surface area contributed by atoms with E-state index in [-0.39, 0.29) is 36.9 Å². The number of hydrogen-bond acceptors (Lipinski definition) is 10. The summed E-state index contributed by atoms with van der Waals surface area (Å²) in [5, 5.41) is 9.25. The third-order valence-electron chi connectivity index (χ3n) is 4.99. The van der Waals surface area contributed by atoms with Crippen molar-refractivity contribution in [2.75, 3.05) is 32.7 Å². The molecule has 1 aliphatic carbocycles. The molecule has 0 amide bonds. The van der Waals surface area contributed by atoms with Crippen molar-refractivity contribution in [3.63, 3.8) is 0 Å². The molecule has 0 N–H and O–H groups in total. The molecule has 0 unspecified atom stereocenters. The standard InChI is InChI=1S/C25H29NO10S/c1-3-33-24(27)23(20-10-6-4-5-7-11-20)22(19-12-14-21(15-13-19)37(2,31)32)18-35-25(28)34-16-8-9-17-36-26(29)30/h4-6,10-15H,3,7-9,16-18H2,1-2H3/b23-22+. The number of sulfone groups is 1. The molecule has 0 saturated carbocycles. The van der Waals surface area contributed by atoms with Gasteiger partial charge in [-0.1, -0.05) is 42.5 Å². The molecule has 0 aliphatic heterocycles. The molecule has 0 atom stereocenters. The number of nitrogens with zero attached hydrogens (tertiary/aromatic N) is 1. The molecule has 200 valence electrons. The van der Waals surface area contributed by atoms with E-state index in [2.05, 4.69) is 4.84 Å². The Morgan fingerprint density at radius 2 is 1.73 bits per heavy atom. The first-order chi connectivity index (χ1) is 17.6. The van der Waals surface area contributed by atoms with Gasteiger partial charge in [0.2, 0.25) is 0 Å². The van der Waals surface area contributed by atoms with Crippen LogP contribution in [0.5, 0.6) is 0 Å². The molecule has 1 aromatic carbocycles. The van der Waals surface area contributed by atoms with Crippen molar-refractivity contribution in [1.29, 1.82) is 0 Å². The third kappa shape index (κ3) is 9.92. The molecule has 0 aromatic heterocycles. The molecule has 1 aliphatic rings. The number of carbonyl (C=O) groups is 2. The van der Waals surface area contributed by atoms with E-state index < -0.39 is 27.0 Å². The summed E-state index contributed by atoms with van der Waals surface area (Å²) in [7, 11) is -3.45. The fourth-order valence-electron chi connectivity index (χ4n) is 3.26. The van der Waals surface area contributed by atoms with Crippen molar-refractivity contribution in [2.45, 2.75) is 31.1 Å². The van der Waals surface area contributed by atoms with E-state index in [0.717, 1.165) is 6.26 Å². The minimum atomic E-state index is -3.45. The summed E-state index contributed by atoms with van der Waals surface area (Å²) in [5.74, 6) is -0.634. The Bertz CT molecular complexity index is 1190. The van der Waals surface area contributed by atoms with Crippen LogP contribution in [0.4, 0.5) is 4.79 Å². The lowest BCUT2D eigenvalue weighted by Gasteiger charge is -2.17. The van der Waals surface area contributed by atoms with Crippen LogP contribution in [0.25, 0.3) is 5.57 Å². The fourth-order valence-corrected chi connectivity index (χ4v) is 3.89. The van der Waals surface area contributed by atoms with Crippen LogP contribution in [0.1, 0.15) is 31.7 Å². The number of rotatable bonds is 13. The van der Waals surface area contributed by atoms with E-state index in [1.54, 1.807) is 19.1 Å². The van der Waals surface area contributed by atoms with Gasteiger partial charge < -0.3 is 19.0 Å². The first kappa shape index (κ1) is 29.3. The van der Waals surface area contributed by atoms with Gasteiger partial charge in [-0.15, -0.1) is 10.1 Å². The predicted octanol–water partition coefficient (Wildman–Crippen LogP) is 3.99. The molecular formula is C25H29NO10S. The van der Waals surface area contributed by atoms with Gasteiger partial charge in [-0.3, -0.25) is 0 Å². The van der Waals surface area contributed by atoms with Gasteiger partial charge in [-0.05, 0) is 49.5 Å². The molecule has 2 rings (SSSR count). The fraction of sp³-hybridized carbons (Fsp3) is 0.360. The van der Waals surface area contributed by atoms with Crippen LogP contribution in [0.15, 0.2) is 70.7 Å². The number of allylic oxidation sites excluding steroid dienone is 5. The maximum atomic E-state index is 13.1. The number of carbonyl (C=O) groups excluding carboxylic acids is 2. The number of unbranched alkanes of at least 4 members (excludes halogenated alkanes) is 1. The maximum Gasteiger partial charge on any atom is 0.508 e. The molecule has 0 saturated heterocycles. The molecule has 0 heterocycles. The first-order valence-electron chi connectivity index (χ1n) is 11.4. The highest BCUT2D eigenvalue weighted by Gasteiger charge is 2.23. The highest BCUT2D eigenvalue weighted by atomic mass is 32.2. The van der Waals surface area contributed by atoms with Crippen LogP contribution in [0.3, 0.4) is 0 Å². The Morgan fingerprint density at radius 1 is 1.03 bits per heavy atom. The van der Waals surface area contributed by atoms with Gasteiger partial charge in [0.15, 0.2) is 9.84 Å². The van der Waals surface area contributed by atoms with E-state index in [1.807, 2.05) is 18.2 Å². The number of ether oxygens (including phenoxy) is 3. The van der Waals surface area contributed by atoms with Gasteiger partial charge in [0.05, 0.1) is 30.3 Å². The molecule has 1 aromatic rings. The number of hydrogen-bond donors (Lipinski definition) is 0. The second-order valence-corrected chi connectivity index (χ2v) is 9.72. The summed E-state index contributed by atoms with van der Waals surface area (Å²) < 4.78 is 39.4.